The monoisotopic (exact) mass is 450 g/mol. The van der Waals surface area contributed by atoms with Crippen molar-refractivity contribution in [2.45, 2.75) is 53.2 Å². The molecule has 0 spiro atoms. The summed E-state index contributed by atoms with van der Waals surface area (Å²) in [7, 11) is 0. The molecule has 10 heteroatoms. The molecule has 0 aliphatic carbocycles. The maximum atomic E-state index is 13.0. The quantitative estimate of drug-likeness (QED) is 0.602. The second kappa shape index (κ2) is 8.24. The van der Waals surface area contributed by atoms with E-state index in [2.05, 4.69) is 33.8 Å². The van der Waals surface area contributed by atoms with Crippen LogP contribution in [0.5, 0.6) is 5.88 Å². The molecule has 1 unspecified atom stereocenters. The SMILES string of the molecule is CCn1c(-c2cnc(C)nc2)nc2c(OC3CCN(C(=O)N4CCC(C)(C)C4)C3)ncnc21. The van der Waals surface area contributed by atoms with E-state index in [9.17, 15) is 4.79 Å². The summed E-state index contributed by atoms with van der Waals surface area (Å²) >= 11 is 0. The summed E-state index contributed by atoms with van der Waals surface area (Å²) in [4.78, 5) is 39.1. The highest BCUT2D eigenvalue weighted by atomic mass is 16.5. The normalized spacial score (nSPS) is 20.1. The first-order chi connectivity index (χ1) is 15.8. The number of hydrogen-bond donors (Lipinski definition) is 0. The summed E-state index contributed by atoms with van der Waals surface area (Å²) in [6, 6.07) is 0.108. The van der Waals surface area contributed by atoms with Crippen molar-refractivity contribution in [1.82, 2.24) is 39.3 Å². The first-order valence-electron chi connectivity index (χ1n) is 11.6. The molecule has 2 saturated heterocycles. The summed E-state index contributed by atoms with van der Waals surface area (Å²) in [5.41, 5.74) is 2.33. The van der Waals surface area contributed by atoms with Crippen molar-refractivity contribution >= 4 is 17.2 Å². The molecule has 3 aromatic rings. The molecule has 0 radical (unpaired) electrons. The molecule has 10 nitrogen and oxygen atoms in total. The molecule has 5 rings (SSSR count). The first kappa shape index (κ1) is 21.5. The van der Waals surface area contributed by atoms with Crippen molar-refractivity contribution in [1.29, 1.82) is 0 Å². The Morgan fingerprint density at radius 2 is 1.94 bits per heavy atom. The van der Waals surface area contributed by atoms with Crippen LogP contribution in [0.15, 0.2) is 18.7 Å². The smallest absolute Gasteiger partial charge is 0.320 e. The fourth-order valence-electron chi connectivity index (χ4n) is 4.66. The van der Waals surface area contributed by atoms with Crippen LogP contribution in [0.4, 0.5) is 4.79 Å². The Bertz CT molecular complexity index is 1170. The Labute approximate surface area is 193 Å². The van der Waals surface area contributed by atoms with Crippen LogP contribution in [0.2, 0.25) is 0 Å². The zero-order valence-electron chi connectivity index (χ0n) is 19.7. The van der Waals surface area contributed by atoms with Gasteiger partial charge in [0.1, 0.15) is 24.1 Å². The third-order valence-corrected chi connectivity index (χ3v) is 6.50. The van der Waals surface area contributed by atoms with Gasteiger partial charge in [-0.1, -0.05) is 13.8 Å². The average Bonchev–Trinajstić information content (AvgIpc) is 3.50. The van der Waals surface area contributed by atoms with Crippen LogP contribution in [-0.2, 0) is 6.54 Å². The second-order valence-electron chi connectivity index (χ2n) is 9.64. The van der Waals surface area contributed by atoms with E-state index in [0.29, 0.717) is 42.5 Å². The summed E-state index contributed by atoms with van der Waals surface area (Å²) in [5, 5.41) is 0. The maximum absolute atomic E-state index is 13.0. The minimum Gasteiger partial charge on any atom is -0.471 e. The molecule has 0 aromatic carbocycles. The van der Waals surface area contributed by atoms with Gasteiger partial charge in [0, 0.05) is 45.0 Å². The number of ether oxygens (including phenoxy) is 1. The number of amides is 2. The standard InChI is InChI=1S/C23H30N8O2/c1-5-31-19(16-10-24-15(2)25-11-16)28-18-20(31)26-14-27-21(18)33-17-6-8-29(12-17)22(32)30-9-7-23(3,4)13-30/h10-11,14,17H,5-9,12-13H2,1-4H3. The Balaban J connectivity index is 1.35. The molecule has 0 saturated carbocycles. The second-order valence-corrected chi connectivity index (χ2v) is 9.64. The zero-order valence-corrected chi connectivity index (χ0v) is 19.7. The van der Waals surface area contributed by atoms with E-state index in [1.165, 1.54) is 6.33 Å². The number of hydrogen-bond acceptors (Lipinski definition) is 7. The van der Waals surface area contributed by atoms with Crippen LogP contribution >= 0.6 is 0 Å². The Morgan fingerprint density at radius 1 is 1.15 bits per heavy atom. The van der Waals surface area contributed by atoms with Crippen molar-refractivity contribution in [2.24, 2.45) is 5.41 Å². The highest BCUT2D eigenvalue weighted by Crippen LogP contribution is 2.31. The highest BCUT2D eigenvalue weighted by Gasteiger charge is 2.37. The summed E-state index contributed by atoms with van der Waals surface area (Å²) in [5.74, 6) is 1.89. The largest absolute Gasteiger partial charge is 0.471 e. The van der Waals surface area contributed by atoms with Gasteiger partial charge < -0.3 is 19.1 Å². The molecule has 33 heavy (non-hydrogen) atoms. The van der Waals surface area contributed by atoms with E-state index in [0.717, 1.165) is 37.3 Å². The van der Waals surface area contributed by atoms with E-state index in [1.807, 2.05) is 28.2 Å². The molecule has 2 aliphatic heterocycles. The maximum Gasteiger partial charge on any atom is 0.320 e. The third kappa shape index (κ3) is 4.09. The molecule has 2 aliphatic rings. The van der Waals surface area contributed by atoms with Gasteiger partial charge in [-0.25, -0.2) is 24.7 Å². The first-order valence-corrected chi connectivity index (χ1v) is 11.6. The van der Waals surface area contributed by atoms with E-state index in [4.69, 9.17) is 9.72 Å². The lowest BCUT2D eigenvalue weighted by Crippen LogP contribution is -2.42. The van der Waals surface area contributed by atoms with Crippen molar-refractivity contribution in [2.75, 3.05) is 26.2 Å². The van der Waals surface area contributed by atoms with Gasteiger partial charge in [0.05, 0.1) is 12.1 Å². The van der Waals surface area contributed by atoms with Gasteiger partial charge in [-0.05, 0) is 25.7 Å². The molecular weight excluding hydrogens is 420 g/mol. The van der Waals surface area contributed by atoms with Crippen LogP contribution in [0, 0.1) is 12.3 Å². The fraction of sp³-hybridized carbons (Fsp3) is 0.565. The van der Waals surface area contributed by atoms with Crippen LogP contribution in [-0.4, -0.2) is 77.6 Å². The van der Waals surface area contributed by atoms with Crippen molar-refractivity contribution in [3.05, 3.63) is 24.5 Å². The van der Waals surface area contributed by atoms with Gasteiger partial charge in [0.25, 0.3) is 0 Å². The minimum atomic E-state index is -0.124. The van der Waals surface area contributed by atoms with Crippen LogP contribution < -0.4 is 4.74 Å². The molecule has 174 valence electrons. The predicted octanol–water partition coefficient (Wildman–Crippen LogP) is 2.92. The highest BCUT2D eigenvalue weighted by molar-refractivity contribution is 5.81. The molecular formula is C23H30N8O2. The summed E-state index contributed by atoms with van der Waals surface area (Å²) < 4.78 is 8.28. The third-order valence-electron chi connectivity index (χ3n) is 6.50. The van der Waals surface area contributed by atoms with Gasteiger partial charge in [0.2, 0.25) is 5.88 Å². The number of urea groups is 1. The van der Waals surface area contributed by atoms with Crippen LogP contribution in [0.25, 0.3) is 22.6 Å². The Hall–Kier alpha value is -3.30. The van der Waals surface area contributed by atoms with Gasteiger partial charge in [-0.2, -0.15) is 4.98 Å². The van der Waals surface area contributed by atoms with E-state index in [-0.39, 0.29) is 17.6 Å². The molecule has 1 atom stereocenters. The number of aromatic nitrogens is 6. The van der Waals surface area contributed by atoms with E-state index in [1.54, 1.807) is 12.4 Å². The molecule has 0 bridgehead atoms. The molecule has 0 N–H and O–H groups in total. The molecule has 2 amide bonds. The lowest BCUT2D eigenvalue weighted by Gasteiger charge is -2.25. The van der Waals surface area contributed by atoms with Gasteiger partial charge in [-0.15, -0.1) is 0 Å². The van der Waals surface area contributed by atoms with Crippen molar-refractivity contribution in [3.8, 4) is 17.3 Å². The van der Waals surface area contributed by atoms with E-state index < -0.39 is 0 Å². The number of nitrogens with zero attached hydrogens (tertiary/aromatic N) is 8. The Morgan fingerprint density at radius 3 is 2.64 bits per heavy atom. The van der Waals surface area contributed by atoms with Gasteiger partial charge in [-0.3, -0.25) is 0 Å². The predicted molar refractivity (Wildman–Crippen MR) is 123 cm³/mol. The minimum absolute atomic E-state index is 0.108. The number of likely N-dealkylation sites (tertiary alicyclic amines) is 2. The number of aryl methyl sites for hydroxylation is 2. The lowest BCUT2D eigenvalue weighted by molar-refractivity contribution is 0.156. The van der Waals surface area contributed by atoms with Crippen LogP contribution in [0.3, 0.4) is 0 Å². The number of carbonyl (C=O) groups excluding carboxylic acids is 1. The van der Waals surface area contributed by atoms with Gasteiger partial charge >= 0.3 is 6.03 Å². The van der Waals surface area contributed by atoms with Crippen molar-refractivity contribution in [3.63, 3.8) is 0 Å². The molecule has 5 heterocycles. The van der Waals surface area contributed by atoms with Crippen LogP contribution in [0.1, 0.15) is 39.4 Å². The number of imidazole rings is 1. The molecule has 3 aromatic heterocycles. The average molecular weight is 451 g/mol. The lowest BCUT2D eigenvalue weighted by atomic mass is 9.93. The number of rotatable bonds is 4. The summed E-state index contributed by atoms with van der Waals surface area (Å²) in [6.45, 7) is 11.9. The fourth-order valence-corrected chi connectivity index (χ4v) is 4.66. The van der Waals surface area contributed by atoms with E-state index >= 15 is 0 Å². The number of fused-ring (bicyclic) bond motifs is 1. The van der Waals surface area contributed by atoms with Gasteiger partial charge in [0.15, 0.2) is 11.2 Å². The topological polar surface area (TPSA) is 102 Å². The molecule has 2 fully saturated rings. The Kier molecular flexibility index (Phi) is 5.38. The van der Waals surface area contributed by atoms with Crippen molar-refractivity contribution < 1.29 is 9.53 Å². The zero-order chi connectivity index (χ0) is 23.2. The number of carbonyl (C=O) groups is 1. The summed E-state index contributed by atoms with van der Waals surface area (Å²) in [6.07, 6.45) is 6.72.